The SMILES string of the molecule is COc1c(C)c(C)c(Cl)c(C)c1-c1[nH]ncc1N. The predicted molar refractivity (Wildman–Crippen MR) is 74.2 cm³/mol. The van der Waals surface area contributed by atoms with Gasteiger partial charge in [-0.3, -0.25) is 5.10 Å². The standard InChI is InChI=1S/C13H16ClN3O/c1-6-7(2)13(18-4)10(8(3)11(6)14)12-9(15)5-16-17-12/h5H,15H2,1-4H3,(H,16,17). The third-order valence-corrected chi connectivity index (χ3v) is 3.85. The lowest BCUT2D eigenvalue weighted by atomic mass is 9.96. The Kier molecular flexibility index (Phi) is 3.22. The Morgan fingerprint density at radius 3 is 2.39 bits per heavy atom. The Morgan fingerprint density at radius 2 is 1.89 bits per heavy atom. The third kappa shape index (κ3) is 1.73. The average molecular weight is 266 g/mol. The van der Waals surface area contributed by atoms with E-state index >= 15 is 0 Å². The molecule has 5 heteroatoms. The normalized spacial score (nSPS) is 10.7. The van der Waals surface area contributed by atoms with E-state index in [2.05, 4.69) is 10.2 Å². The summed E-state index contributed by atoms with van der Waals surface area (Å²) in [5, 5.41) is 7.58. The van der Waals surface area contributed by atoms with Crippen molar-refractivity contribution in [3.05, 3.63) is 27.9 Å². The molecule has 2 aromatic rings. The second kappa shape index (κ2) is 4.53. The number of H-pyrrole nitrogens is 1. The van der Waals surface area contributed by atoms with E-state index in [0.717, 1.165) is 38.7 Å². The molecule has 0 aliphatic rings. The van der Waals surface area contributed by atoms with Crippen molar-refractivity contribution < 1.29 is 4.74 Å². The number of methoxy groups -OCH3 is 1. The minimum atomic E-state index is 0.579. The molecule has 0 unspecified atom stereocenters. The van der Waals surface area contributed by atoms with Gasteiger partial charge in [0.15, 0.2) is 0 Å². The molecule has 1 aromatic carbocycles. The minimum Gasteiger partial charge on any atom is -0.496 e. The fraction of sp³-hybridized carbons (Fsp3) is 0.308. The van der Waals surface area contributed by atoms with E-state index in [0.29, 0.717) is 5.69 Å². The van der Waals surface area contributed by atoms with Crippen molar-refractivity contribution in [1.82, 2.24) is 10.2 Å². The number of nitrogens with two attached hydrogens (primary N) is 1. The molecule has 4 nitrogen and oxygen atoms in total. The first-order valence-electron chi connectivity index (χ1n) is 5.61. The molecule has 0 saturated carbocycles. The number of anilines is 1. The number of aromatic nitrogens is 2. The summed E-state index contributed by atoms with van der Waals surface area (Å²) in [5.74, 6) is 0.783. The molecule has 1 heterocycles. The first-order valence-corrected chi connectivity index (χ1v) is 5.99. The second-order valence-electron chi connectivity index (χ2n) is 4.30. The maximum atomic E-state index is 6.36. The molecule has 0 aliphatic carbocycles. The number of rotatable bonds is 2. The molecule has 0 saturated heterocycles. The summed E-state index contributed by atoms with van der Waals surface area (Å²) in [6, 6.07) is 0. The zero-order valence-electron chi connectivity index (χ0n) is 10.9. The van der Waals surface area contributed by atoms with Crippen LogP contribution in [0.3, 0.4) is 0 Å². The Hall–Kier alpha value is -1.68. The highest BCUT2D eigenvalue weighted by molar-refractivity contribution is 6.32. The number of benzene rings is 1. The lowest BCUT2D eigenvalue weighted by molar-refractivity contribution is 0.412. The number of nitrogens with one attached hydrogen (secondary N) is 1. The van der Waals surface area contributed by atoms with Crippen LogP contribution in [-0.2, 0) is 0 Å². The number of ether oxygens (including phenoxy) is 1. The highest BCUT2D eigenvalue weighted by Gasteiger charge is 2.20. The second-order valence-corrected chi connectivity index (χ2v) is 4.68. The molecule has 2 rings (SSSR count). The van der Waals surface area contributed by atoms with Gasteiger partial charge in [-0.05, 0) is 37.5 Å². The van der Waals surface area contributed by atoms with E-state index in [9.17, 15) is 0 Å². The van der Waals surface area contributed by atoms with Crippen molar-refractivity contribution in [3.63, 3.8) is 0 Å². The fourth-order valence-electron chi connectivity index (χ4n) is 2.14. The summed E-state index contributed by atoms with van der Waals surface area (Å²) in [7, 11) is 1.64. The van der Waals surface area contributed by atoms with Crippen molar-refractivity contribution >= 4 is 17.3 Å². The Bertz CT molecular complexity index is 605. The molecule has 0 atom stereocenters. The summed E-state index contributed by atoms with van der Waals surface area (Å²) >= 11 is 6.36. The predicted octanol–water partition coefficient (Wildman–Crippen LogP) is 3.25. The molecule has 0 fully saturated rings. The smallest absolute Gasteiger partial charge is 0.131 e. The van der Waals surface area contributed by atoms with Crippen LogP contribution in [-0.4, -0.2) is 17.3 Å². The van der Waals surface area contributed by atoms with Crippen molar-refractivity contribution in [2.24, 2.45) is 0 Å². The van der Waals surface area contributed by atoms with Crippen LogP contribution in [0.25, 0.3) is 11.3 Å². The van der Waals surface area contributed by atoms with Gasteiger partial charge in [0.25, 0.3) is 0 Å². The van der Waals surface area contributed by atoms with Gasteiger partial charge in [-0.2, -0.15) is 5.10 Å². The molecular formula is C13H16ClN3O. The quantitative estimate of drug-likeness (QED) is 0.876. The van der Waals surface area contributed by atoms with E-state index in [-0.39, 0.29) is 0 Å². The zero-order chi connectivity index (χ0) is 13.4. The molecule has 0 aliphatic heterocycles. The Labute approximate surface area is 111 Å². The molecule has 1 aromatic heterocycles. The summed E-state index contributed by atoms with van der Waals surface area (Å²) in [5.41, 5.74) is 11.1. The van der Waals surface area contributed by atoms with Crippen LogP contribution in [0.2, 0.25) is 5.02 Å². The van der Waals surface area contributed by atoms with Crippen LogP contribution in [0.1, 0.15) is 16.7 Å². The lowest BCUT2D eigenvalue weighted by Crippen LogP contribution is -2.00. The fourth-order valence-corrected chi connectivity index (χ4v) is 2.37. The first-order chi connectivity index (χ1) is 8.49. The van der Waals surface area contributed by atoms with Gasteiger partial charge < -0.3 is 10.5 Å². The van der Waals surface area contributed by atoms with E-state index in [1.165, 1.54) is 0 Å². The number of nitrogen functional groups attached to an aromatic ring is 1. The zero-order valence-corrected chi connectivity index (χ0v) is 11.6. The number of halogens is 1. The number of hydrogen-bond donors (Lipinski definition) is 2. The molecule has 0 radical (unpaired) electrons. The first kappa shape index (κ1) is 12.8. The minimum absolute atomic E-state index is 0.579. The number of hydrogen-bond acceptors (Lipinski definition) is 3. The van der Waals surface area contributed by atoms with Crippen LogP contribution in [0, 0.1) is 20.8 Å². The topological polar surface area (TPSA) is 63.9 Å². The Morgan fingerprint density at radius 1 is 1.22 bits per heavy atom. The molecule has 0 spiro atoms. The molecule has 0 amide bonds. The summed E-state index contributed by atoms with van der Waals surface area (Å²) in [6.07, 6.45) is 1.58. The van der Waals surface area contributed by atoms with Crippen molar-refractivity contribution in [3.8, 4) is 17.0 Å². The van der Waals surface area contributed by atoms with Crippen molar-refractivity contribution in [1.29, 1.82) is 0 Å². The van der Waals surface area contributed by atoms with Gasteiger partial charge in [0.05, 0.1) is 24.7 Å². The summed E-state index contributed by atoms with van der Waals surface area (Å²) in [4.78, 5) is 0. The maximum Gasteiger partial charge on any atom is 0.131 e. The van der Waals surface area contributed by atoms with Gasteiger partial charge in [-0.25, -0.2) is 0 Å². The van der Waals surface area contributed by atoms with Crippen LogP contribution in [0.15, 0.2) is 6.20 Å². The summed E-state index contributed by atoms with van der Waals surface area (Å²) in [6.45, 7) is 5.91. The van der Waals surface area contributed by atoms with E-state index in [4.69, 9.17) is 22.1 Å². The van der Waals surface area contributed by atoms with E-state index in [1.54, 1.807) is 13.3 Å². The van der Waals surface area contributed by atoms with E-state index < -0.39 is 0 Å². The van der Waals surface area contributed by atoms with Crippen molar-refractivity contribution in [2.75, 3.05) is 12.8 Å². The van der Waals surface area contributed by atoms with Gasteiger partial charge in [-0.15, -0.1) is 0 Å². The van der Waals surface area contributed by atoms with Gasteiger partial charge in [0, 0.05) is 10.6 Å². The van der Waals surface area contributed by atoms with Crippen molar-refractivity contribution in [2.45, 2.75) is 20.8 Å². The largest absolute Gasteiger partial charge is 0.496 e. The van der Waals surface area contributed by atoms with Gasteiger partial charge in [0.1, 0.15) is 5.75 Å². The van der Waals surface area contributed by atoms with Crippen LogP contribution in [0.5, 0.6) is 5.75 Å². The molecule has 96 valence electrons. The molecule has 0 bridgehead atoms. The highest BCUT2D eigenvalue weighted by atomic mass is 35.5. The number of aromatic amines is 1. The van der Waals surface area contributed by atoms with Gasteiger partial charge in [0.2, 0.25) is 0 Å². The average Bonchev–Trinajstić information content (AvgIpc) is 2.77. The maximum absolute atomic E-state index is 6.36. The molecule has 18 heavy (non-hydrogen) atoms. The third-order valence-electron chi connectivity index (χ3n) is 3.29. The highest BCUT2D eigenvalue weighted by Crippen LogP contribution is 2.42. The van der Waals surface area contributed by atoms with Gasteiger partial charge in [-0.1, -0.05) is 11.6 Å². The van der Waals surface area contributed by atoms with Crippen LogP contribution in [0.4, 0.5) is 5.69 Å². The number of nitrogens with zero attached hydrogens (tertiary/aromatic N) is 1. The van der Waals surface area contributed by atoms with E-state index in [1.807, 2.05) is 20.8 Å². The summed E-state index contributed by atoms with van der Waals surface area (Å²) < 4.78 is 5.51. The lowest BCUT2D eigenvalue weighted by Gasteiger charge is -2.18. The van der Waals surface area contributed by atoms with Gasteiger partial charge >= 0.3 is 0 Å². The van der Waals surface area contributed by atoms with Crippen LogP contribution < -0.4 is 10.5 Å². The monoisotopic (exact) mass is 265 g/mol. The molecule has 3 N–H and O–H groups in total. The van der Waals surface area contributed by atoms with Crippen LogP contribution >= 0.6 is 11.6 Å². The Balaban J connectivity index is 2.86. The molecular weight excluding hydrogens is 250 g/mol.